The van der Waals surface area contributed by atoms with Gasteiger partial charge in [-0.05, 0) is 31.5 Å². The van der Waals surface area contributed by atoms with Crippen LogP contribution in [-0.2, 0) is 4.74 Å². The van der Waals surface area contributed by atoms with Crippen LogP contribution < -0.4 is 16.8 Å². The minimum atomic E-state index is -0.453. The molecular formula is C15H23N3O2. The van der Waals surface area contributed by atoms with Crippen LogP contribution in [0.15, 0.2) is 18.2 Å². The second-order valence-electron chi connectivity index (χ2n) is 5.87. The molecule has 1 fully saturated rings. The molecule has 1 aliphatic carbocycles. The third-order valence-corrected chi connectivity index (χ3v) is 4.18. The summed E-state index contributed by atoms with van der Waals surface area (Å²) >= 11 is 0. The minimum Gasteiger partial charge on any atom is -0.399 e. The van der Waals surface area contributed by atoms with Crippen LogP contribution in [0, 0.1) is 5.41 Å². The average molecular weight is 277 g/mol. The molecule has 2 unspecified atom stereocenters. The van der Waals surface area contributed by atoms with Gasteiger partial charge in [-0.1, -0.05) is 13.8 Å². The van der Waals surface area contributed by atoms with E-state index in [2.05, 4.69) is 19.2 Å². The normalized spacial score (nSPS) is 23.9. The maximum Gasteiger partial charge on any atom is 0.250 e. The molecule has 20 heavy (non-hydrogen) atoms. The highest BCUT2D eigenvalue weighted by Gasteiger charge is 2.49. The molecule has 1 aromatic carbocycles. The Morgan fingerprint density at radius 1 is 1.50 bits per heavy atom. The number of hydrogen-bond acceptors (Lipinski definition) is 4. The summed E-state index contributed by atoms with van der Waals surface area (Å²) in [6.45, 7) is 7.03. The number of benzene rings is 1. The molecule has 1 amide bonds. The molecule has 0 heterocycles. The number of amides is 1. The van der Waals surface area contributed by atoms with Crippen molar-refractivity contribution in [3.63, 3.8) is 0 Å². The monoisotopic (exact) mass is 277 g/mol. The highest BCUT2D eigenvalue weighted by Crippen LogP contribution is 2.44. The van der Waals surface area contributed by atoms with Gasteiger partial charge in [-0.15, -0.1) is 0 Å². The molecule has 5 N–H and O–H groups in total. The zero-order chi connectivity index (χ0) is 14.9. The van der Waals surface area contributed by atoms with E-state index in [-0.39, 0.29) is 17.6 Å². The Bertz CT molecular complexity index is 514. The van der Waals surface area contributed by atoms with Gasteiger partial charge in [0.2, 0.25) is 0 Å². The number of carbonyl (C=O) groups excluding carboxylic acids is 1. The van der Waals surface area contributed by atoms with E-state index in [4.69, 9.17) is 16.2 Å². The van der Waals surface area contributed by atoms with E-state index in [1.54, 1.807) is 18.2 Å². The van der Waals surface area contributed by atoms with E-state index >= 15 is 0 Å². The molecule has 0 spiro atoms. The van der Waals surface area contributed by atoms with Gasteiger partial charge in [0.15, 0.2) is 0 Å². The number of ether oxygens (including phenoxy) is 1. The van der Waals surface area contributed by atoms with Crippen molar-refractivity contribution in [1.29, 1.82) is 0 Å². The van der Waals surface area contributed by atoms with E-state index < -0.39 is 5.91 Å². The molecule has 2 atom stereocenters. The summed E-state index contributed by atoms with van der Waals surface area (Å²) < 4.78 is 5.71. The summed E-state index contributed by atoms with van der Waals surface area (Å²) in [5.41, 5.74) is 13.0. The van der Waals surface area contributed by atoms with Crippen LogP contribution in [0.1, 0.15) is 37.6 Å². The molecule has 0 saturated heterocycles. The maximum atomic E-state index is 11.5. The number of primary amides is 1. The summed E-state index contributed by atoms with van der Waals surface area (Å²) in [6, 6.07) is 5.33. The van der Waals surface area contributed by atoms with Gasteiger partial charge in [-0.3, -0.25) is 4.79 Å². The second kappa shape index (κ2) is 5.32. The lowest BCUT2D eigenvalue weighted by Gasteiger charge is -2.52. The summed E-state index contributed by atoms with van der Waals surface area (Å²) in [6.07, 6.45) is 1.15. The number of hydrogen-bond donors (Lipinski definition) is 3. The Morgan fingerprint density at radius 3 is 2.75 bits per heavy atom. The third-order valence-electron chi connectivity index (χ3n) is 4.18. The molecule has 1 saturated carbocycles. The van der Waals surface area contributed by atoms with Crippen LogP contribution in [0.2, 0.25) is 0 Å². The van der Waals surface area contributed by atoms with E-state index in [1.807, 2.05) is 6.92 Å². The van der Waals surface area contributed by atoms with Crippen molar-refractivity contribution in [2.75, 3.05) is 17.7 Å². The highest BCUT2D eigenvalue weighted by molar-refractivity contribution is 5.99. The lowest BCUT2D eigenvalue weighted by molar-refractivity contribution is -0.0976. The summed E-state index contributed by atoms with van der Waals surface area (Å²) in [5, 5.41) is 3.39. The summed E-state index contributed by atoms with van der Waals surface area (Å²) in [7, 11) is 0. The Morgan fingerprint density at radius 2 is 2.20 bits per heavy atom. The van der Waals surface area contributed by atoms with Crippen LogP contribution in [0.4, 0.5) is 11.4 Å². The minimum absolute atomic E-state index is 0.00945. The van der Waals surface area contributed by atoms with E-state index in [0.717, 1.165) is 6.42 Å². The zero-order valence-corrected chi connectivity index (χ0v) is 12.3. The number of rotatable bonds is 5. The maximum absolute atomic E-state index is 11.5. The molecule has 1 aliphatic rings. The van der Waals surface area contributed by atoms with Gasteiger partial charge in [0.1, 0.15) is 0 Å². The third kappa shape index (κ3) is 2.58. The fraction of sp³-hybridized carbons (Fsp3) is 0.533. The fourth-order valence-electron chi connectivity index (χ4n) is 2.70. The molecule has 110 valence electrons. The Balaban J connectivity index is 2.16. The van der Waals surface area contributed by atoms with Gasteiger partial charge >= 0.3 is 0 Å². The van der Waals surface area contributed by atoms with Crippen LogP contribution in [0.3, 0.4) is 0 Å². The standard InChI is InChI=1S/C15H23N3O2/c1-4-20-13-8-12(15(13,2)3)18-11-7-9(16)5-6-10(11)14(17)19/h5-7,12-13,18H,4,8,16H2,1-3H3,(H2,17,19). The number of nitrogens with one attached hydrogen (secondary N) is 1. The number of anilines is 2. The van der Waals surface area contributed by atoms with Gasteiger partial charge in [0, 0.05) is 29.4 Å². The van der Waals surface area contributed by atoms with Gasteiger partial charge in [-0.2, -0.15) is 0 Å². The van der Waals surface area contributed by atoms with Crippen LogP contribution in [0.5, 0.6) is 0 Å². The van der Waals surface area contributed by atoms with Crippen molar-refractivity contribution in [3.05, 3.63) is 23.8 Å². The number of nitrogen functional groups attached to an aromatic ring is 1. The molecular weight excluding hydrogens is 254 g/mol. The van der Waals surface area contributed by atoms with Crippen LogP contribution in [0.25, 0.3) is 0 Å². The predicted octanol–water partition coefficient (Wildman–Crippen LogP) is 1.98. The first-order valence-corrected chi connectivity index (χ1v) is 6.93. The van der Waals surface area contributed by atoms with Crippen molar-refractivity contribution in [2.45, 2.75) is 39.3 Å². The fourth-order valence-corrected chi connectivity index (χ4v) is 2.70. The molecule has 5 nitrogen and oxygen atoms in total. The molecule has 0 aliphatic heterocycles. The lowest BCUT2D eigenvalue weighted by Crippen LogP contribution is -2.58. The predicted molar refractivity (Wildman–Crippen MR) is 80.6 cm³/mol. The van der Waals surface area contributed by atoms with Gasteiger partial charge in [-0.25, -0.2) is 0 Å². The molecule has 5 heteroatoms. The van der Waals surface area contributed by atoms with Crippen molar-refractivity contribution in [2.24, 2.45) is 11.1 Å². The Labute approximate surface area is 119 Å². The smallest absolute Gasteiger partial charge is 0.250 e. The SMILES string of the molecule is CCOC1CC(Nc2cc(N)ccc2C(N)=O)C1(C)C. The van der Waals surface area contributed by atoms with Crippen LogP contribution >= 0.6 is 0 Å². The Hall–Kier alpha value is -1.75. The zero-order valence-electron chi connectivity index (χ0n) is 12.3. The number of carbonyl (C=O) groups is 1. The van der Waals surface area contributed by atoms with Gasteiger partial charge in [0.05, 0.1) is 11.7 Å². The van der Waals surface area contributed by atoms with Crippen molar-refractivity contribution < 1.29 is 9.53 Å². The summed E-state index contributed by atoms with van der Waals surface area (Å²) in [5.74, 6) is -0.453. The van der Waals surface area contributed by atoms with Crippen molar-refractivity contribution in [3.8, 4) is 0 Å². The molecule has 2 rings (SSSR count). The molecule has 0 bridgehead atoms. The lowest BCUT2D eigenvalue weighted by atomic mass is 9.64. The molecule has 0 radical (unpaired) electrons. The van der Waals surface area contributed by atoms with E-state index in [1.165, 1.54) is 0 Å². The van der Waals surface area contributed by atoms with Gasteiger partial charge in [0.25, 0.3) is 5.91 Å². The quantitative estimate of drug-likeness (QED) is 0.718. The average Bonchev–Trinajstić information content (AvgIpc) is 2.37. The van der Waals surface area contributed by atoms with Crippen molar-refractivity contribution in [1.82, 2.24) is 0 Å². The van der Waals surface area contributed by atoms with E-state index in [9.17, 15) is 4.79 Å². The van der Waals surface area contributed by atoms with Crippen molar-refractivity contribution >= 4 is 17.3 Å². The van der Waals surface area contributed by atoms with Gasteiger partial charge < -0.3 is 21.5 Å². The summed E-state index contributed by atoms with van der Waals surface area (Å²) in [4.78, 5) is 11.5. The topological polar surface area (TPSA) is 90.4 Å². The second-order valence-corrected chi connectivity index (χ2v) is 5.87. The number of nitrogens with two attached hydrogens (primary N) is 2. The molecule has 0 aromatic heterocycles. The Kier molecular flexibility index (Phi) is 3.90. The first-order chi connectivity index (χ1) is 9.36. The first-order valence-electron chi connectivity index (χ1n) is 6.93. The largest absolute Gasteiger partial charge is 0.399 e. The van der Waals surface area contributed by atoms with Crippen LogP contribution in [-0.4, -0.2) is 24.7 Å². The highest BCUT2D eigenvalue weighted by atomic mass is 16.5. The molecule has 1 aromatic rings. The first kappa shape index (κ1) is 14.7. The van der Waals surface area contributed by atoms with E-state index in [0.29, 0.717) is 23.5 Å².